The van der Waals surface area contributed by atoms with Crippen LogP contribution in [0.4, 0.5) is 26.3 Å². The van der Waals surface area contributed by atoms with Crippen LogP contribution in [-0.4, -0.2) is 80.6 Å². The number of benzene rings is 6. The van der Waals surface area contributed by atoms with Crippen LogP contribution in [0.25, 0.3) is 66.5 Å². The fraction of sp³-hybridized carbons (Fsp3) is 0.151. The molecule has 28 heteroatoms. The second kappa shape index (κ2) is 25.8. The van der Waals surface area contributed by atoms with E-state index in [0.717, 1.165) is 36.7 Å². The number of hydrogen-bond donors (Lipinski definition) is 9. The molecule has 101 heavy (non-hydrogen) atoms. The average molecular weight is 1370 g/mol. The van der Waals surface area contributed by atoms with Gasteiger partial charge in [-0.2, -0.15) is 0 Å². The lowest BCUT2D eigenvalue weighted by atomic mass is 9.80. The quantitative estimate of drug-likeness (QED) is 0.0513. The Morgan fingerprint density at radius 2 is 0.792 bits per heavy atom. The third kappa shape index (κ3) is 11.9. The van der Waals surface area contributed by atoms with E-state index in [1.807, 2.05) is 0 Å². The van der Waals surface area contributed by atoms with Gasteiger partial charge >= 0.3 is 17.1 Å². The molecule has 9 heterocycles. The lowest BCUT2D eigenvalue weighted by Crippen LogP contribution is -2.33. The van der Waals surface area contributed by atoms with Gasteiger partial charge in [-0.3, -0.25) is 19.9 Å². The van der Waals surface area contributed by atoms with Crippen LogP contribution in [0.3, 0.4) is 0 Å². The number of aromatic amines is 6. The van der Waals surface area contributed by atoms with E-state index in [2.05, 4.69) is 65.3 Å². The van der Waals surface area contributed by atoms with Gasteiger partial charge in [0.2, 0.25) is 0 Å². The Morgan fingerprint density at radius 1 is 0.376 bits per heavy atom. The third-order valence-corrected chi connectivity index (χ3v) is 17.5. The highest BCUT2D eigenvalue weighted by Gasteiger charge is 2.45. The summed E-state index contributed by atoms with van der Waals surface area (Å²) in [6, 6.07) is 26.7. The Morgan fingerprint density at radius 3 is 1.18 bits per heavy atom. The highest BCUT2D eigenvalue weighted by molar-refractivity contribution is 5.90. The zero-order chi connectivity index (χ0) is 71.7. The first-order valence-electron chi connectivity index (χ1n) is 30.9. The minimum Gasteiger partial charge on any atom is -0.374 e. The lowest BCUT2D eigenvalue weighted by molar-refractivity contribution is 0.112. The normalized spacial score (nSPS) is 13.4. The zero-order valence-corrected chi connectivity index (χ0v) is 54.5. The second-order valence-electron chi connectivity index (χ2n) is 24.2. The number of hydrogen-bond acceptors (Lipinski definition) is 16. The summed E-state index contributed by atoms with van der Waals surface area (Å²) in [7, 11) is 0. The predicted octanol–water partition coefficient (Wildman–Crippen LogP) is 12.3. The number of nitrogens with zero attached hydrogens (tertiary/aromatic N) is 7. The van der Waals surface area contributed by atoms with E-state index in [-0.39, 0.29) is 61.4 Å². The standard InChI is InChI=1S/2C25H20F2N4O3.C23H17F2N5O3/c1-12-4-6-19(27)17(8-12)25(33,21-7-5-16(26)11-28-21)18-9-15(22-13(2)31-34-14(22)3)10-20-23(18)30-24(32)29-20;1-12-4-6-17(19(27)8-12)25(33,21-7-5-16(26)11-28-21)18-9-15(22-13(2)31-34-14(22)3)10-20-23(18)30-24(32)29-20;1-11-19(12(2)33-30-11)13-8-14(21-17(9-13)28-22(31)29-21)23(32,18-10-26-6-7-27-18)20-15(24)4-3-5-16(20)25/h2*4-11,33H,1-3H3,(H2,29,30,32);3-10,32H,1-2H3,(H2,28,29,31). The monoisotopic (exact) mass is 1370 g/mol. The molecule has 6 aromatic carbocycles. The van der Waals surface area contributed by atoms with E-state index in [1.165, 1.54) is 67.1 Å². The van der Waals surface area contributed by atoms with Gasteiger partial charge < -0.3 is 58.8 Å². The molecule has 510 valence electrons. The van der Waals surface area contributed by atoms with Gasteiger partial charge in [-0.1, -0.05) is 45.3 Å². The van der Waals surface area contributed by atoms with Crippen molar-refractivity contribution in [1.82, 2.24) is 65.3 Å². The third-order valence-electron chi connectivity index (χ3n) is 17.5. The van der Waals surface area contributed by atoms with Crippen LogP contribution < -0.4 is 17.1 Å². The number of pyridine rings is 2. The van der Waals surface area contributed by atoms with Gasteiger partial charge in [-0.15, -0.1) is 0 Å². The molecule has 0 saturated carbocycles. The first kappa shape index (κ1) is 67.2. The number of nitrogens with one attached hydrogen (secondary N) is 6. The number of aromatic nitrogens is 13. The topological polar surface area (TPSA) is 336 Å². The molecule has 15 aromatic rings. The number of aryl methyl sites for hydroxylation is 8. The molecule has 0 bridgehead atoms. The summed E-state index contributed by atoms with van der Waals surface area (Å²) in [4.78, 5) is 69.1. The molecule has 3 atom stereocenters. The van der Waals surface area contributed by atoms with Crippen molar-refractivity contribution in [2.45, 2.75) is 72.2 Å². The number of fused-ring (bicyclic) bond motifs is 3. The maximum Gasteiger partial charge on any atom is 0.323 e. The largest absolute Gasteiger partial charge is 0.374 e. The molecule has 3 unspecified atom stereocenters. The van der Waals surface area contributed by atoms with Crippen LogP contribution in [-0.2, 0) is 16.8 Å². The van der Waals surface area contributed by atoms with Crippen LogP contribution in [0.1, 0.15) is 96.0 Å². The van der Waals surface area contributed by atoms with E-state index in [1.54, 1.807) is 97.9 Å². The molecule has 0 amide bonds. The van der Waals surface area contributed by atoms with Gasteiger partial charge in [0, 0.05) is 56.9 Å². The molecule has 0 radical (unpaired) electrons. The van der Waals surface area contributed by atoms with Crippen molar-refractivity contribution in [1.29, 1.82) is 0 Å². The fourth-order valence-electron chi connectivity index (χ4n) is 13.0. The number of rotatable bonds is 12. The predicted molar refractivity (Wildman–Crippen MR) is 357 cm³/mol. The molecule has 0 saturated heterocycles. The van der Waals surface area contributed by atoms with Crippen LogP contribution in [0.5, 0.6) is 0 Å². The molecule has 9 N–H and O–H groups in total. The molecule has 22 nitrogen and oxygen atoms in total. The van der Waals surface area contributed by atoms with Crippen molar-refractivity contribution >= 4 is 33.1 Å². The Hall–Kier alpha value is -12.4. The highest BCUT2D eigenvalue weighted by Crippen LogP contribution is 2.47. The van der Waals surface area contributed by atoms with Gasteiger partial charge in [0.1, 0.15) is 52.2 Å². The van der Waals surface area contributed by atoms with Gasteiger partial charge in [0.05, 0.1) is 91.4 Å². The molecule has 0 fully saturated rings. The Labute approximate surface area is 565 Å². The van der Waals surface area contributed by atoms with E-state index >= 15 is 17.6 Å². The minimum absolute atomic E-state index is 0.00199. The summed E-state index contributed by atoms with van der Waals surface area (Å²) >= 11 is 0. The van der Waals surface area contributed by atoms with Crippen molar-refractivity contribution in [3.05, 3.63) is 309 Å². The van der Waals surface area contributed by atoms with E-state index in [4.69, 9.17) is 13.6 Å². The molecule has 9 aromatic heterocycles. The van der Waals surface area contributed by atoms with E-state index in [0.29, 0.717) is 95.4 Å². The lowest BCUT2D eigenvalue weighted by Gasteiger charge is -2.30. The van der Waals surface area contributed by atoms with Gasteiger partial charge in [0.15, 0.2) is 16.8 Å². The van der Waals surface area contributed by atoms with Crippen molar-refractivity contribution < 1.29 is 55.2 Å². The fourth-order valence-corrected chi connectivity index (χ4v) is 13.0. The smallest absolute Gasteiger partial charge is 0.323 e. The van der Waals surface area contributed by atoms with Crippen LogP contribution >= 0.6 is 0 Å². The molecule has 15 rings (SSSR count). The summed E-state index contributed by atoms with van der Waals surface area (Å²) in [6.45, 7) is 14.0. The van der Waals surface area contributed by atoms with Gasteiger partial charge in [0.25, 0.3) is 0 Å². The van der Waals surface area contributed by atoms with Crippen molar-refractivity contribution in [2.75, 3.05) is 0 Å². The van der Waals surface area contributed by atoms with Crippen LogP contribution in [0, 0.1) is 90.3 Å². The molecular formula is C73H57F6N13O9. The Kier molecular flexibility index (Phi) is 17.2. The number of halogens is 6. The van der Waals surface area contributed by atoms with Crippen LogP contribution in [0.2, 0.25) is 0 Å². The number of H-pyrrole nitrogens is 6. The van der Waals surface area contributed by atoms with Gasteiger partial charge in [-0.05, 0) is 169 Å². The van der Waals surface area contributed by atoms with Crippen molar-refractivity contribution in [2.24, 2.45) is 0 Å². The Bertz CT molecular complexity index is 5820. The first-order valence-corrected chi connectivity index (χ1v) is 30.9. The van der Waals surface area contributed by atoms with Crippen LogP contribution in [0.15, 0.2) is 174 Å². The van der Waals surface area contributed by atoms with Gasteiger partial charge in [-0.25, -0.2) is 40.7 Å². The summed E-state index contributed by atoms with van der Waals surface area (Å²) in [5, 5.41) is 48.6. The summed E-state index contributed by atoms with van der Waals surface area (Å²) in [5.74, 6) is -3.00. The minimum atomic E-state index is -2.44. The van der Waals surface area contributed by atoms with Crippen molar-refractivity contribution in [3.63, 3.8) is 0 Å². The molecular weight excluding hydrogens is 1320 g/mol. The Balaban J connectivity index is 0.000000135. The number of imidazole rings is 3. The number of aliphatic hydroxyl groups is 3. The zero-order valence-electron chi connectivity index (χ0n) is 54.5. The second-order valence-corrected chi connectivity index (χ2v) is 24.2. The maximum atomic E-state index is 15.3. The van der Waals surface area contributed by atoms with E-state index in [9.17, 15) is 38.5 Å². The average Bonchev–Trinajstić information content (AvgIpc) is 1.73. The molecule has 0 aliphatic heterocycles. The molecule has 0 aliphatic rings. The summed E-state index contributed by atoms with van der Waals surface area (Å²) in [6.07, 6.45) is 5.78. The van der Waals surface area contributed by atoms with E-state index < -0.39 is 74.3 Å². The summed E-state index contributed by atoms with van der Waals surface area (Å²) < 4.78 is 104. The maximum absolute atomic E-state index is 15.3. The summed E-state index contributed by atoms with van der Waals surface area (Å²) in [5.41, 5.74) is -0.557. The first-order chi connectivity index (χ1) is 48.2. The highest BCUT2D eigenvalue weighted by atomic mass is 19.2. The molecule has 0 spiro atoms. The van der Waals surface area contributed by atoms with Crippen molar-refractivity contribution in [3.8, 4) is 33.4 Å². The SMILES string of the molecule is Cc1ccc(C(O)(c2ccc(F)cn2)c2cc(-c3c(C)noc3C)cc3[nH]c(=O)[nH]c23)c(F)c1.Cc1ccc(F)c(C(O)(c2ccc(F)cn2)c2cc(-c3c(C)noc3C)cc3[nH]c(=O)[nH]c23)c1.Cc1noc(C)c1-c1cc(C(O)(c2cnccn2)c2c(F)cccc2F)c2[nH]c(=O)[nH]c2c1. The molecule has 0 aliphatic carbocycles.